The number of carbonyl (C=O) groups excluding carboxylic acids is 1. The lowest BCUT2D eigenvalue weighted by atomic mass is 10.1. The Bertz CT molecular complexity index is 412. The fourth-order valence-electron chi connectivity index (χ4n) is 1.72. The average Bonchev–Trinajstić information content (AvgIpc) is 2.33. The van der Waals surface area contributed by atoms with Crippen LogP contribution in [0, 0.1) is 0 Å². The summed E-state index contributed by atoms with van der Waals surface area (Å²) in [4.78, 5) is 11.6. The number of rotatable bonds is 5. The summed E-state index contributed by atoms with van der Waals surface area (Å²) in [6.07, 6.45) is -1.21. The third-order valence-corrected chi connectivity index (χ3v) is 2.65. The first-order valence-corrected chi connectivity index (χ1v) is 6.67. The number of amides is 1. The van der Waals surface area contributed by atoms with E-state index in [1.807, 2.05) is 30.3 Å². The third kappa shape index (κ3) is 6.54. The third-order valence-electron chi connectivity index (χ3n) is 2.65. The van der Waals surface area contributed by atoms with Gasteiger partial charge in [0.15, 0.2) is 6.29 Å². The number of benzene rings is 1. The van der Waals surface area contributed by atoms with Gasteiger partial charge in [0.25, 0.3) is 0 Å². The SMILES string of the molecule is CC(C)(C)OC(=O)N[C@H](CCc1ccccc1)C(O)O. The molecule has 0 spiro atoms. The number of nitrogens with one attached hydrogen (secondary N) is 1. The fraction of sp³-hybridized carbons (Fsp3) is 0.533. The Morgan fingerprint density at radius 2 is 1.85 bits per heavy atom. The van der Waals surface area contributed by atoms with Crippen LogP contribution in [0.15, 0.2) is 30.3 Å². The van der Waals surface area contributed by atoms with Gasteiger partial charge in [-0.25, -0.2) is 4.79 Å². The van der Waals surface area contributed by atoms with Crippen LogP contribution in [0.1, 0.15) is 32.8 Å². The summed E-state index contributed by atoms with van der Waals surface area (Å²) in [6.45, 7) is 5.25. The van der Waals surface area contributed by atoms with Crippen molar-refractivity contribution in [3.05, 3.63) is 35.9 Å². The molecule has 5 heteroatoms. The Hall–Kier alpha value is -1.59. The Labute approximate surface area is 119 Å². The van der Waals surface area contributed by atoms with Crippen LogP contribution in [-0.4, -0.2) is 34.2 Å². The maximum absolute atomic E-state index is 11.6. The molecule has 1 atom stereocenters. The number of carbonyl (C=O) groups is 1. The van der Waals surface area contributed by atoms with Crippen molar-refractivity contribution in [2.24, 2.45) is 0 Å². The number of aliphatic hydroxyl groups is 2. The summed E-state index contributed by atoms with van der Waals surface area (Å²) >= 11 is 0. The van der Waals surface area contributed by atoms with Gasteiger partial charge < -0.3 is 20.3 Å². The Morgan fingerprint density at radius 3 is 2.35 bits per heavy atom. The second-order valence-corrected chi connectivity index (χ2v) is 5.69. The second kappa shape index (κ2) is 7.26. The van der Waals surface area contributed by atoms with Crippen molar-refractivity contribution in [2.45, 2.75) is 51.5 Å². The minimum Gasteiger partial charge on any atom is -0.444 e. The van der Waals surface area contributed by atoms with E-state index in [2.05, 4.69) is 5.32 Å². The highest BCUT2D eigenvalue weighted by molar-refractivity contribution is 5.68. The van der Waals surface area contributed by atoms with E-state index < -0.39 is 24.0 Å². The molecule has 0 saturated heterocycles. The zero-order valence-electron chi connectivity index (χ0n) is 12.2. The van der Waals surface area contributed by atoms with Gasteiger partial charge in [0, 0.05) is 0 Å². The van der Waals surface area contributed by atoms with Gasteiger partial charge in [0.2, 0.25) is 0 Å². The quantitative estimate of drug-likeness (QED) is 0.719. The van der Waals surface area contributed by atoms with E-state index in [0.29, 0.717) is 12.8 Å². The van der Waals surface area contributed by atoms with Gasteiger partial charge in [0.05, 0.1) is 6.04 Å². The molecule has 0 saturated carbocycles. The second-order valence-electron chi connectivity index (χ2n) is 5.69. The molecule has 1 rings (SSSR count). The molecule has 0 aliphatic carbocycles. The van der Waals surface area contributed by atoms with Crippen LogP contribution in [0.4, 0.5) is 4.79 Å². The molecule has 5 nitrogen and oxygen atoms in total. The molecule has 0 bridgehead atoms. The van der Waals surface area contributed by atoms with Gasteiger partial charge in [-0.3, -0.25) is 0 Å². The highest BCUT2D eigenvalue weighted by Crippen LogP contribution is 2.10. The van der Waals surface area contributed by atoms with Crippen LogP contribution in [0.25, 0.3) is 0 Å². The number of aryl methyl sites for hydroxylation is 1. The van der Waals surface area contributed by atoms with Crippen molar-refractivity contribution >= 4 is 6.09 Å². The number of aliphatic hydroxyl groups excluding tert-OH is 1. The molecule has 0 aliphatic heterocycles. The van der Waals surface area contributed by atoms with Gasteiger partial charge in [0.1, 0.15) is 5.60 Å². The van der Waals surface area contributed by atoms with Crippen LogP contribution in [0.3, 0.4) is 0 Å². The van der Waals surface area contributed by atoms with E-state index in [4.69, 9.17) is 4.74 Å². The lowest BCUT2D eigenvalue weighted by molar-refractivity contribution is -0.0697. The van der Waals surface area contributed by atoms with Gasteiger partial charge in [-0.15, -0.1) is 0 Å². The van der Waals surface area contributed by atoms with E-state index in [-0.39, 0.29) is 0 Å². The molecule has 0 aliphatic rings. The molecular weight excluding hydrogens is 258 g/mol. The molecule has 112 valence electrons. The van der Waals surface area contributed by atoms with Gasteiger partial charge in [-0.05, 0) is 39.2 Å². The van der Waals surface area contributed by atoms with E-state index in [1.165, 1.54) is 0 Å². The zero-order chi connectivity index (χ0) is 15.2. The molecule has 0 fully saturated rings. The van der Waals surface area contributed by atoms with E-state index in [9.17, 15) is 15.0 Å². The van der Waals surface area contributed by atoms with E-state index in [1.54, 1.807) is 20.8 Å². The number of hydrogen-bond acceptors (Lipinski definition) is 4. The predicted octanol–water partition coefficient (Wildman–Crippen LogP) is 1.82. The summed E-state index contributed by atoms with van der Waals surface area (Å²) in [6, 6.07) is 8.90. The molecule has 1 aromatic carbocycles. The van der Waals surface area contributed by atoms with Crippen LogP contribution in [0.5, 0.6) is 0 Å². The van der Waals surface area contributed by atoms with Crippen LogP contribution in [-0.2, 0) is 11.2 Å². The van der Waals surface area contributed by atoms with Crippen molar-refractivity contribution in [1.29, 1.82) is 0 Å². The van der Waals surface area contributed by atoms with Gasteiger partial charge >= 0.3 is 6.09 Å². The largest absolute Gasteiger partial charge is 0.444 e. The Balaban J connectivity index is 2.51. The first kappa shape index (κ1) is 16.5. The lowest BCUT2D eigenvalue weighted by Gasteiger charge is -2.24. The molecule has 1 amide bonds. The van der Waals surface area contributed by atoms with Gasteiger partial charge in [-0.2, -0.15) is 0 Å². The predicted molar refractivity (Wildman–Crippen MR) is 76.1 cm³/mol. The first-order chi connectivity index (χ1) is 9.28. The van der Waals surface area contributed by atoms with E-state index >= 15 is 0 Å². The molecule has 0 heterocycles. The standard InChI is InChI=1S/C15H23NO4/c1-15(2,3)20-14(19)16-12(13(17)18)10-9-11-7-5-4-6-8-11/h4-8,12-13,17-18H,9-10H2,1-3H3,(H,16,19)/t12-/m1/s1. The first-order valence-electron chi connectivity index (χ1n) is 6.67. The van der Waals surface area contributed by atoms with Crippen molar-refractivity contribution in [1.82, 2.24) is 5.32 Å². The summed E-state index contributed by atoms with van der Waals surface area (Å²) in [7, 11) is 0. The molecule has 0 radical (unpaired) electrons. The highest BCUT2D eigenvalue weighted by atomic mass is 16.6. The molecule has 0 unspecified atom stereocenters. The fourth-order valence-corrected chi connectivity index (χ4v) is 1.72. The lowest BCUT2D eigenvalue weighted by Crippen LogP contribution is -2.45. The van der Waals surface area contributed by atoms with Crippen molar-refractivity contribution in [2.75, 3.05) is 0 Å². The van der Waals surface area contributed by atoms with Crippen molar-refractivity contribution < 1.29 is 19.7 Å². The smallest absolute Gasteiger partial charge is 0.408 e. The maximum atomic E-state index is 11.6. The van der Waals surface area contributed by atoms with Gasteiger partial charge in [-0.1, -0.05) is 30.3 Å². The van der Waals surface area contributed by atoms with Crippen LogP contribution >= 0.6 is 0 Å². The topological polar surface area (TPSA) is 78.8 Å². The summed E-state index contributed by atoms with van der Waals surface area (Å²) in [5.41, 5.74) is 0.457. The Kier molecular flexibility index (Phi) is 5.98. The summed E-state index contributed by atoms with van der Waals surface area (Å²) in [5, 5.41) is 21.1. The number of alkyl carbamates (subject to hydrolysis) is 1. The molecule has 20 heavy (non-hydrogen) atoms. The number of ether oxygens (including phenoxy) is 1. The van der Waals surface area contributed by atoms with Crippen LogP contribution < -0.4 is 5.32 Å². The monoisotopic (exact) mass is 281 g/mol. The minimum absolute atomic E-state index is 0.418. The van der Waals surface area contributed by atoms with E-state index in [0.717, 1.165) is 5.56 Å². The Morgan fingerprint density at radius 1 is 1.25 bits per heavy atom. The summed E-state index contributed by atoms with van der Waals surface area (Å²) in [5.74, 6) is 0. The van der Waals surface area contributed by atoms with Crippen molar-refractivity contribution in [3.8, 4) is 0 Å². The minimum atomic E-state index is -1.62. The average molecular weight is 281 g/mol. The molecule has 1 aromatic rings. The maximum Gasteiger partial charge on any atom is 0.408 e. The van der Waals surface area contributed by atoms with Crippen molar-refractivity contribution in [3.63, 3.8) is 0 Å². The molecular formula is C15H23NO4. The normalized spacial score (nSPS) is 13.1. The van der Waals surface area contributed by atoms with Crippen LogP contribution in [0.2, 0.25) is 0 Å². The summed E-state index contributed by atoms with van der Waals surface area (Å²) < 4.78 is 5.10. The molecule has 0 aromatic heterocycles. The highest BCUT2D eigenvalue weighted by Gasteiger charge is 2.23. The number of hydrogen-bond donors (Lipinski definition) is 3. The zero-order valence-corrected chi connectivity index (χ0v) is 12.2. The molecule has 3 N–H and O–H groups in total.